The third-order valence-electron chi connectivity index (χ3n) is 4.08. The molecule has 0 aliphatic carbocycles. The van der Waals surface area contributed by atoms with Crippen LogP contribution in [-0.2, 0) is 10.0 Å². The van der Waals surface area contributed by atoms with Crippen molar-refractivity contribution < 1.29 is 17.9 Å². The van der Waals surface area contributed by atoms with Crippen LogP contribution in [0.4, 0.5) is 4.39 Å². The fourth-order valence-corrected chi connectivity index (χ4v) is 4.09. The molecule has 0 bridgehead atoms. The lowest BCUT2D eigenvalue weighted by Gasteiger charge is -2.15. The van der Waals surface area contributed by atoms with Crippen LogP contribution in [0.2, 0.25) is 0 Å². The van der Waals surface area contributed by atoms with E-state index in [2.05, 4.69) is 4.72 Å². The lowest BCUT2D eigenvalue weighted by Crippen LogP contribution is -2.29. The van der Waals surface area contributed by atoms with Gasteiger partial charge in [-0.2, -0.15) is 0 Å². The van der Waals surface area contributed by atoms with E-state index in [1.54, 1.807) is 6.07 Å². The zero-order chi connectivity index (χ0) is 18.0. The second kappa shape index (κ2) is 6.92. The fourth-order valence-electron chi connectivity index (χ4n) is 2.83. The first kappa shape index (κ1) is 17.5. The Kier molecular flexibility index (Phi) is 4.85. The number of hydrogen-bond acceptors (Lipinski definition) is 3. The van der Waals surface area contributed by atoms with Crippen molar-refractivity contribution in [3.63, 3.8) is 0 Å². The fraction of sp³-hybridized carbons (Fsp3) is 0.158. The first-order chi connectivity index (χ1) is 11.9. The molecular formula is C19H18FNO3S. The van der Waals surface area contributed by atoms with Gasteiger partial charge in [0.25, 0.3) is 0 Å². The van der Waals surface area contributed by atoms with Gasteiger partial charge in [-0.05, 0) is 47.0 Å². The van der Waals surface area contributed by atoms with E-state index in [0.29, 0.717) is 11.1 Å². The second-order valence-corrected chi connectivity index (χ2v) is 7.58. The maximum absolute atomic E-state index is 13.2. The van der Waals surface area contributed by atoms with Crippen molar-refractivity contribution in [3.8, 4) is 0 Å². The predicted molar refractivity (Wildman–Crippen MR) is 95.2 cm³/mol. The van der Waals surface area contributed by atoms with Gasteiger partial charge in [-0.3, -0.25) is 0 Å². The summed E-state index contributed by atoms with van der Waals surface area (Å²) < 4.78 is 40.4. The van der Waals surface area contributed by atoms with Crippen LogP contribution in [0, 0.1) is 12.7 Å². The Labute approximate surface area is 146 Å². The molecule has 0 heterocycles. The molecule has 3 aromatic carbocycles. The van der Waals surface area contributed by atoms with Crippen LogP contribution in [-0.4, -0.2) is 20.1 Å². The van der Waals surface area contributed by atoms with Gasteiger partial charge in [-0.25, -0.2) is 17.5 Å². The van der Waals surface area contributed by atoms with Gasteiger partial charge < -0.3 is 5.11 Å². The highest BCUT2D eigenvalue weighted by molar-refractivity contribution is 7.89. The van der Waals surface area contributed by atoms with Gasteiger partial charge in [0.15, 0.2) is 0 Å². The zero-order valence-corrected chi connectivity index (χ0v) is 14.4. The van der Waals surface area contributed by atoms with Crippen molar-refractivity contribution in [2.45, 2.75) is 17.9 Å². The molecule has 0 saturated carbocycles. The molecule has 0 unspecified atom stereocenters. The monoisotopic (exact) mass is 359 g/mol. The number of sulfonamides is 1. The molecule has 25 heavy (non-hydrogen) atoms. The Morgan fingerprint density at radius 1 is 1.08 bits per heavy atom. The summed E-state index contributed by atoms with van der Waals surface area (Å²) in [4.78, 5) is -0.000908. The number of fused-ring (bicyclic) bond motifs is 1. The zero-order valence-electron chi connectivity index (χ0n) is 13.6. The molecule has 0 amide bonds. The van der Waals surface area contributed by atoms with Crippen molar-refractivity contribution in [1.82, 2.24) is 4.72 Å². The van der Waals surface area contributed by atoms with Gasteiger partial charge >= 0.3 is 0 Å². The summed E-state index contributed by atoms with van der Waals surface area (Å²) >= 11 is 0. The van der Waals surface area contributed by atoms with Crippen molar-refractivity contribution >= 4 is 20.8 Å². The van der Waals surface area contributed by atoms with Crippen LogP contribution in [0.5, 0.6) is 0 Å². The maximum atomic E-state index is 13.2. The third-order valence-corrected chi connectivity index (χ3v) is 5.66. The Morgan fingerprint density at radius 3 is 2.56 bits per heavy atom. The van der Waals surface area contributed by atoms with Gasteiger partial charge in [0.2, 0.25) is 10.0 Å². The standard InChI is InChI=1S/C19H18FNO3S/c1-13-11-15(20)9-10-19(13)25(23,24)21-12-18(22)17-8-4-6-14-5-2-3-7-16(14)17/h2-11,18,21-22H,12H2,1H3/t18-/m0/s1. The molecule has 0 fully saturated rings. The summed E-state index contributed by atoms with van der Waals surface area (Å²) in [7, 11) is -3.84. The molecule has 0 saturated heterocycles. The second-order valence-electron chi connectivity index (χ2n) is 5.85. The Bertz CT molecular complexity index is 1010. The van der Waals surface area contributed by atoms with Crippen molar-refractivity contribution in [1.29, 1.82) is 0 Å². The molecule has 3 rings (SSSR count). The van der Waals surface area contributed by atoms with E-state index in [9.17, 15) is 17.9 Å². The van der Waals surface area contributed by atoms with E-state index in [1.165, 1.54) is 13.0 Å². The molecule has 1 atom stereocenters. The topological polar surface area (TPSA) is 66.4 Å². The van der Waals surface area contributed by atoms with Crippen LogP contribution < -0.4 is 4.72 Å². The molecule has 2 N–H and O–H groups in total. The molecule has 0 aromatic heterocycles. The first-order valence-corrected chi connectivity index (χ1v) is 9.28. The van der Waals surface area contributed by atoms with E-state index in [0.717, 1.165) is 22.9 Å². The van der Waals surface area contributed by atoms with Crippen LogP contribution in [0.1, 0.15) is 17.2 Å². The minimum absolute atomic E-state index is 0.000908. The average Bonchev–Trinajstić information content (AvgIpc) is 2.59. The Morgan fingerprint density at radius 2 is 1.80 bits per heavy atom. The molecule has 0 spiro atoms. The van der Waals surface area contributed by atoms with Gasteiger partial charge in [-0.15, -0.1) is 0 Å². The summed E-state index contributed by atoms with van der Waals surface area (Å²) in [5, 5.41) is 12.3. The van der Waals surface area contributed by atoms with E-state index in [1.807, 2.05) is 36.4 Å². The van der Waals surface area contributed by atoms with Crippen molar-refractivity contribution in [3.05, 3.63) is 77.6 Å². The molecule has 4 nitrogen and oxygen atoms in total. The highest BCUT2D eigenvalue weighted by Crippen LogP contribution is 2.24. The quantitative estimate of drug-likeness (QED) is 0.735. The number of aliphatic hydroxyl groups is 1. The Balaban J connectivity index is 1.82. The number of aliphatic hydroxyl groups excluding tert-OH is 1. The molecule has 0 aliphatic heterocycles. The molecular weight excluding hydrogens is 341 g/mol. The normalized spacial score (nSPS) is 13.1. The SMILES string of the molecule is Cc1cc(F)ccc1S(=O)(=O)NC[C@H](O)c1cccc2ccccc12. The summed E-state index contributed by atoms with van der Waals surface area (Å²) in [6, 6.07) is 16.6. The van der Waals surface area contributed by atoms with Gasteiger partial charge in [-0.1, -0.05) is 42.5 Å². The largest absolute Gasteiger partial charge is 0.387 e. The third kappa shape index (κ3) is 3.71. The molecule has 130 valence electrons. The number of aryl methyl sites for hydroxylation is 1. The van der Waals surface area contributed by atoms with Crippen LogP contribution in [0.25, 0.3) is 10.8 Å². The van der Waals surface area contributed by atoms with E-state index >= 15 is 0 Å². The van der Waals surface area contributed by atoms with Gasteiger partial charge in [0.05, 0.1) is 11.0 Å². The lowest BCUT2D eigenvalue weighted by molar-refractivity contribution is 0.183. The molecule has 6 heteroatoms. The summed E-state index contributed by atoms with van der Waals surface area (Å²) in [6.45, 7) is 1.35. The van der Waals surface area contributed by atoms with Gasteiger partial charge in [0, 0.05) is 6.54 Å². The van der Waals surface area contributed by atoms with E-state index < -0.39 is 21.9 Å². The number of nitrogens with one attached hydrogen (secondary N) is 1. The molecule has 0 aliphatic rings. The van der Waals surface area contributed by atoms with Crippen molar-refractivity contribution in [2.24, 2.45) is 0 Å². The van der Waals surface area contributed by atoms with Crippen molar-refractivity contribution in [2.75, 3.05) is 6.54 Å². The minimum atomic E-state index is -3.84. The van der Waals surface area contributed by atoms with Crippen LogP contribution in [0.3, 0.4) is 0 Å². The smallest absolute Gasteiger partial charge is 0.240 e. The maximum Gasteiger partial charge on any atom is 0.240 e. The summed E-state index contributed by atoms with van der Waals surface area (Å²) in [5.74, 6) is -0.493. The summed E-state index contributed by atoms with van der Waals surface area (Å²) in [6.07, 6.45) is -0.998. The first-order valence-electron chi connectivity index (χ1n) is 7.80. The lowest BCUT2D eigenvalue weighted by atomic mass is 10.0. The van der Waals surface area contributed by atoms with Crippen LogP contribution in [0.15, 0.2) is 65.6 Å². The number of rotatable bonds is 5. The highest BCUT2D eigenvalue weighted by atomic mass is 32.2. The molecule has 0 radical (unpaired) electrons. The summed E-state index contributed by atoms with van der Waals surface area (Å²) in [5.41, 5.74) is 0.962. The average molecular weight is 359 g/mol. The number of halogens is 1. The van der Waals surface area contributed by atoms with Crippen LogP contribution >= 0.6 is 0 Å². The Hall–Kier alpha value is -2.28. The number of hydrogen-bond donors (Lipinski definition) is 2. The van der Waals surface area contributed by atoms with E-state index in [4.69, 9.17) is 0 Å². The van der Waals surface area contributed by atoms with Gasteiger partial charge in [0.1, 0.15) is 5.82 Å². The highest BCUT2D eigenvalue weighted by Gasteiger charge is 2.19. The predicted octanol–water partition coefficient (Wildman–Crippen LogP) is 3.30. The molecule has 3 aromatic rings. The minimum Gasteiger partial charge on any atom is -0.387 e. The number of benzene rings is 3. The van der Waals surface area contributed by atoms with E-state index in [-0.39, 0.29) is 11.4 Å².